The Labute approximate surface area is 768 Å². The first-order valence-corrected chi connectivity index (χ1v) is 41.3. The van der Waals surface area contributed by atoms with Crippen LogP contribution in [0.1, 0.15) is 128 Å². The number of benzene rings is 6. The number of carboxylic acids is 1. The number of hydrogen-bond acceptors (Lipinski definition) is 33. The summed E-state index contributed by atoms with van der Waals surface area (Å²) >= 11 is 3.18. The van der Waals surface area contributed by atoms with Crippen LogP contribution >= 0.6 is 15.9 Å². The van der Waals surface area contributed by atoms with Crippen LogP contribution in [-0.4, -0.2) is 260 Å². The molecule has 0 amide bonds. The summed E-state index contributed by atoms with van der Waals surface area (Å²) < 4.78 is 83.3. The minimum Gasteiger partial charge on any atom is -0.537 e. The SMILES string of the molecule is CC(=O)c1nn(C)c(=O)[nH]c1=O.CC(C)(O)C(C)(C)O.CC1(C)OB(c2ccc(O)cc2)OC1(C)C.COCCBr.COCCOc1ccc(-n2c(=O)c(C(=O)O)nn(C)c2=O)cc1.COCCOc1ccc(-n2c(=O)c(C(C)=O)nn(C)c2=O)cc1.COCCOc1ccc(B2OC(C)(C)C(C)(C)O2)cc1.COCCOc1ccc(O[B]O)cc1.O[B]Oc1ccc(O)cc1. The van der Waals surface area contributed by atoms with Gasteiger partial charge in [-0.1, -0.05) is 40.2 Å². The number of nitrogens with zero attached hydrogens (tertiary/aromatic N) is 8. The summed E-state index contributed by atoms with van der Waals surface area (Å²) in [6, 6.07) is 40.2. The van der Waals surface area contributed by atoms with Crippen molar-refractivity contribution in [3.63, 3.8) is 0 Å². The molecule has 2 saturated heterocycles. The van der Waals surface area contributed by atoms with Crippen LogP contribution in [0.4, 0.5) is 0 Å². The molecule has 8 N–H and O–H groups in total. The van der Waals surface area contributed by atoms with Gasteiger partial charge in [-0.05, 0) is 215 Å². The van der Waals surface area contributed by atoms with Crippen molar-refractivity contribution in [3.05, 3.63) is 225 Å². The van der Waals surface area contributed by atoms with E-state index in [1.54, 1.807) is 148 Å². The number of aromatic hydroxyl groups is 2. The number of aromatic amines is 1. The number of phenolic OH excluding ortho intramolecular Hbond substituents is 2. The minimum absolute atomic E-state index is 0.172. The number of aromatic nitrogens is 9. The molecule has 5 heterocycles. The lowest BCUT2D eigenvalue weighted by molar-refractivity contribution is -0.107. The number of aliphatic hydroxyl groups is 2. The fourth-order valence-corrected chi connectivity index (χ4v) is 9.99. The van der Waals surface area contributed by atoms with Gasteiger partial charge in [0.05, 0.1) is 78.0 Å². The van der Waals surface area contributed by atoms with Gasteiger partial charge in [0.2, 0.25) is 5.69 Å². The van der Waals surface area contributed by atoms with Crippen LogP contribution < -0.4 is 72.9 Å². The highest BCUT2D eigenvalue weighted by Crippen LogP contribution is 2.38. The normalized spacial score (nSPS) is 13.3. The molecule has 131 heavy (non-hydrogen) atoms. The number of carboxylic acid groups (broad SMARTS) is 1. The molecule has 45 heteroatoms. The Balaban J connectivity index is 0.000000390. The lowest BCUT2D eigenvalue weighted by Gasteiger charge is -2.32. The number of nitrogens with one attached hydrogen (secondary N) is 1. The van der Waals surface area contributed by atoms with Crippen molar-refractivity contribution >= 4 is 74.0 Å². The van der Waals surface area contributed by atoms with Crippen molar-refractivity contribution in [2.24, 2.45) is 21.1 Å². The average Bonchev–Trinajstić information content (AvgIpc) is 1.71. The van der Waals surface area contributed by atoms with E-state index < -0.39 is 68.2 Å². The third-order valence-corrected chi connectivity index (χ3v) is 19.5. The number of ketones is 2. The highest BCUT2D eigenvalue weighted by molar-refractivity contribution is 9.09. The van der Waals surface area contributed by atoms with E-state index in [1.807, 2.05) is 69.1 Å². The predicted octanol–water partition coefficient (Wildman–Crippen LogP) is 4.66. The number of ether oxygens (including phenoxy) is 9. The Hall–Kier alpha value is -11.4. The van der Waals surface area contributed by atoms with Gasteiger partial charge in [-0.2, -0.15) is 15.3 Å². The van der Waals surface area contributed by atoms with Gasteiger partial charge in [0.25, 0.3) is 16.7 Å². The fourth-order valence-electron chi connectivity index (χ4n) is 9.67. The maximum atomic E-state index is 12.3. The summed E-state index contributed by atoms with van der Waals surface area (Å²) in [7, 11) is 12.6. The summed E-state index contributed by atoms with van der Waals surface area (Å²) in [6.45, 7) is 29.7. The molecule has 11 rings (SSSR count). The number of aromatic carboxylic acids is 1. The number of phenols is 2. The lowest BCUT2D eigenvalue weighted by Crippen LogP contribution is -2.44. The van der Waals surface area contributed by atoms with Crippen molar-refractivity contribution in [2.45, 2.75) is 131 Å². The van der Waals surface area contributed by atoms with E-state index in [9.17, 15) is 48.3 Å². The zero-order chi connectivity index (χ0) is 98.8. The smallest absolute Gasteiger partial charge is 0.537 e. The molecule has 2 fully saturated rings. The minimum atomic E-state index is -1.50. The first-order valence-electron chi connectivity index (χ1n) is 40.2. The van der Waals surface area contributed by atoms with Crippen LogP contribution in [0.25, 0.3) is 11.4 Å². The van der Waals surface area contributed by atoms with Gasteiger partial charge in [0.1, 0.15) is 72.4 Å². The van der Waals surface area contributed by atoms with Crippen molar-refractivity contribution in [1.29, 1.82) is 0 Å². The maximum Gasteiger partial charge on any atom is 0.569 e. The van der Waals surface area contributed by atoms with Crippen molar-refractivity contribution in [1.82, 2.24) is 43.5 Å². The molecular weight excluding hydrogens is 1780 g/mol. The highest BCUT2D eigenvalue weighted by Gasteiger charge is 2.53. The third-order valence-electron chi connectivity index (χ3n) is 19.2. The Morgan fingerprint density at radius 2 is 0.687 bits per heavy atom. The monoisotopic (exact) mass is 1900 g/mol. The second kappa shape index (κ2) is 55.0. The molecule has 0 aliphatic carbocycles. The molecular formula is C86H118B4BrN9O31. The lowest BCUT2D eigenvalue weighted by atomic mass is 9.79. The van der Waals surface area contributed by atoms with Crippen molar-refractivity contribution < 1.29 is 121 Å². The fraction of sp³-hybridized carbons (Fsp3) is 0.442. The number of aryl methyl sites for hydroxylation is 3. The molecule has 2 aliphatic heterocycles. The van der Waals surface area contributed by atoms with Crippen molar-refractivity contribution in [3.8, 4) is 57.4 Å². The number of methoxy groups -OCH3 is 5. The Kier molecular flexibility index (Phi) is 47.8. The van der Waals surface area contributed by atoms with Gasteiger partial charge in [-0.3, -0.25) is 29.0 Å². The van der Waals surface area contributed by atoms with Crippen LogP contribution in [0.15, 0.2) is 174 Å². The van der Waals surface area contributed by atoms with E-state index in [1.165, 1.54) is 59.3 Å². The van der Waals surface area contributed by atoms with E-state index in [-0.39, 0.29) is 65.2 Å². The molecule has 3 aromatic heterocycles. The molecule has 2 aliphatic rings. The molecule has 6 aromatic carbocycles. The molecule has 0 saturated carbocycles. The van der Waals surface area contributed by atoms with Gasteiger partial charge in [0, 0.05) is 75.9 Å². The molecule has 0 atom stereocenters. The summed E-state index contributed by atoms with van der Waals surface area (Å²) in [5, 5.41) is 73.4. The first-order chi connectivity index (χ1) is 61.4. The van der Waals surface area contributed by atoms with Gasteiger partial charge in [-0.25, -0.2) is 42.4 Å². The average molecular weight is 1900 g/mol. The largest absolute Gasteiger partial charge is 0.569 e. The van der Waals surface area contributed by atoms with Crippen LogP contribution in [0.3, 0.4) is 0 Å². The van der Waals surface area contributed by atoms with Crippen LogP contribution in [0.2, 0.25) is 0 Å². The van der Waals surface area contributed by atoms with Gasteiger partial charge >= 0.3 is 52.6 Å². The number of carbonyl (C=O) groups excluding carboxylic acids is 2. The molecule has 9 aromatic rings. The second-order valence-electron chi connectivity index (χ2n) is 30.8. The molecule has 0 unspecified atom stereocenters. The van der Waals surface area contributed by atoms with E-state index in [0.29, 0.717) is 96.9 Å². The Morgan fingerprint density at radius 1 is 0.420 bits per heavy atom. The van der Waals surface area contributed by atoms with Crippen molar-refractivity contribution in [2.75, 3.05) is 100 Å². The van der Waals surface area contributed by atoms with Gasteiger partial charge in [-0.15, -0.1) is 0 Å². The highest BCUT2D eigenvalue weighted by atomic mass is 79.9. The number of rotatable bonds is 30. The van der Waals surface area contributed by atoms with E-state index in [4.69, 9.17) is 91.6 Å². The van der Waals surface area contributed by atoms with Crippen LogP contribution in [0.5, 0.6) is 46.0 Å². The summed E-state index contributed by atoms with van der Waals surface area (Å²) in [5.74, 6) is 1.68. The van der Waals surface area contributed by atoms with Crippen LogP contribution in [0, 0.1) is 0 Å². The summed E-state index contributed by atoms with van der Waals surface area (Å²) in [4.78, 5) is 106. The van der Waals surface area contributed by atoms with Gasteiger partial charge in [0.15, 0.2) is 23.0 Å². The van der Waals surface area contributed by atoms with Gasteiger partial charge < -0.3 is 106 Å². The molecule has 40 nitrogen and oxygen atoms in total. The first kappa shape index (κ1) is 114. The quantitative estimate of drug-likeness (QED) is 0.0131. The second-order valence-corrected chi connectivity index (χ2v) is 31.6. The zero-order valence-electron chi connectivity index (χ0n) is 77.6. The maximum absolute atomic E-state index is 12.3. The molecule has 2 radical (unpaired) electrons. The number of Topliss-reactive ketones (excluding diaryl/α,β-unsaturated/α-hetero) is 2. The summed E-state index contributed by atoms with van der Waals surface area (Å²) in [5.41, 5.74) is -6.56. The zero-order valence-corrected chi connectivity index (χ0v) is 79.2. The number of hydrogen-bond donors (Lipinski definition) is 8. The third kappa shape index (κ3) is 37.4. The number of halogens is 1. The number of H-pyrrole nitrogens is 1. The molecule has 0 spiro atoms. The van der Waals surface area contributed by atoms with E-state index >= 15 is 0 Å². The Morgan fingerprint density at radius 3 is 0.969 bits per heavy atom. The molecule has 0 bridgehead atoms. The Bertz CT molecular complexity index is 5170. The topological polar surface area (TPSA) is 513 Å². The summed E-state index contributed by atoms with van der Waals surface area (Å²) in [6.07, 6.45) is 0. The molecule has 712 valence electrons. The van der Waals surface area contributed by atoms with Crippen LogP contribution in [-0.2, 0) is 63.4 Å². The van der Waals surface area contributed by atoms with E-state index in [2.05, 4.69) is 68.3 Å². The number of carbonyl (C=O) groups is 3. The standard InChI is InChI=1S/C15H23BO4.C15H17N3O5.C14H15N3O6.C12H17BO3.C9H12BO4.C6H6BO3.C6H7N3O3.C6H14O2.C3H7BrO/c1-14(2)15(3,4)20-16(19-14)12-6-8-13(9-7-12)18-11-10-17-5;1-10(19)13-14(20)18(15(21)17(2)16-13)11-4-6-12(7-5-11)23-9-8-22-3;1-16-14(21)17(12(18)11(15-16)13(19)20)9-3-5-10(6-4-9)23-8-7-22-2;1-11(2)12(3,4)16-13(15-11)9-5-7-10(14)8-6-9;1-12-6-7-13-8-2-4-9(5-3-8)14-10-11;8-5-1-3-6(4-2-5)10-7-9;1-3(10)4-5(11)7-6(12)9(2)8-4;1-5(2,7)6(3,4)8;1-5-3-2-4/h6-9H,10-11H2,1-5H3;4-7H,8-9H2,1-3H3;3-6H,7-8H2,1-2H3,(H,19,20);5-8,14H,1-4H3;2-5,11H,6-7H2,1H3;1-4,8-9H;1-2H3,(H,7,11,12);7-8H,1-4H3;2-3H2,1H3. The van der Waals surface area contributed by atoms with E-state index in [0.717, 1.165) is 57.5 Å². The number of alkyl halides is 1. The predicted molar refractivity (Wildman–Crippen MR) is 493 cm³/mol.